The normalized spacial score (nSPS) is 21.2. The summed E-state index contributed by atoms with van der Waals surface area (Å²) >= 11 is 0. The van der Waals surface area contributed by atoms with E-state index in [-0.39, 0.29) is 30.8 Å². The maximum Gasteiger partial charge on any atom is 0.223 e. The monoisotopic (exact) mass is 403 g/mol. The Morgan fingerprint density at radius 3 is 2.55 bits per heavy atom. The van der Waals surface area contributed by atoms with Crippen LogP contribution in [0.5, 0.6) is 0 Å². The molecule has 1 aliphatic rings. The minimum Gasteiger partial charge on any atom is -0.369 e. The summed E-state index contributed by atoms with van der Waals surface area (Å²) in [5.74, 6) is -0.773. The Morgan fingerprint density at radius 2 is 1.93 bits per heavy atom. The Bertz CT molecular complexity index is 707. The number of rotatable bonds is 11. The molecule has 0 aromatic heterocycles. The predicted molar refractivity (Wildman–Crippen MR) is 111 cm³/mol. The van der Waals surface area contributed by atoms with Crippen LogP contribution in [0.3, 0.4) is 0 Å². The highest BCUT2D eigenvalue weighted by Gasteiger charge is 2.37. The number of Topliss-reactive ketones (excluding diaryl/α,β-unsaturated/α-hetero) is 1. The number of carbonyl (C=O) groups excluding carboxylic acids is 3. The van der Waals surface area contributed by atoms with Gasteiger partial charge in [0.1, 0.15) is 12.6 Å². The van der Waals surface area contributed by atoms with E-state index in [2.05, 4.69) is 5.32 Å². The second kappa shape index (κ2) is 10.5. The van der Waals surface area contributed by atoms with Crippen LogP contribution in [0.1, 0.15) is 38.2 Å². The maximum atomic E-state index is 12.5. The third kappa shape index (κ3) is 6.94. The van der Waals surface area contributed by atoms with E-state index >= 15 is 0 Å². The number of nitrogens with two attached hydrogens (primary N) is 1. The van der Waals surface area contributed by atoms with E-state index in [4.69, 9.17) is 10.5 Å². The van der Waals surface area contributed by atoms with Crippen molar-refractivity contribution in [2.24, 2.45) is 11.1 Å². The van der Waals surface area contributed by atoms with Gasteiger partial charge in [-0.2, -0.15) is 0 Å². The quantitative estimate of drug-likeness (QED) is 0.580. The lowest BCUT2D eigenvalue weighted by Gasteiger charge is -2.26. The smallest absolute Gasteiger partial charge is 0.223 e. The molecular weight excluding hydrogens is 370 g/mol. The second-order valence-electron chi connectivity index (χ2n) is 8.36. The third-order valence-corrected chi connectivity index (χ3v) is 5.64. The van der Waals surface area contributed by atoms with Gasteiger partial charge >= 0.3 is 0 Å². The van der Waals surface area contributed by atoms with E-state index in [1.165, 1.54) is 0 Å². The SMILES string of the molecule is CN(C)CC[C@@H]1OCC(=O)C1NC(=O)CCC(C)(CCc1ccccc1)C(N)=O. The van der Waals surface area contributed by atoms with Crippen molar-refractivity contribution in [3.05, 3.63) is 35.9 Å². The van der Waals surface area contributed by atoms with Crippen molar-refractivity contribution >= 4 is 17.6 Å². The van der Waals surface area contributed by atoms with Gasteiger partial charge in [-0.05, 0) is 45.3 Å². The highest BCUT2D eigenvalue weighted by molar-refractivity contribution is 5.92. The molecule has 0 bridgehead atoms. The number of amides is 2. The number of primary amides is 1. The summed E-state index contributed by atoms with van der Waals surface area (Å²) in [7, 11) is 3.90. The number of nitrogens with zero attached hydrogens (tertiary/aromatic N) is 1. The van der Waals surface area contributed by atoms with Crippen molar-refractivity contribution in [3.63, 3.8) is 0 Å². The van der Waals surface area contributed by atoms with Crippen molar-refractivity contribution < 1.29 is 19.1 Å². The highest BCUT2D eigenvalue weighted by atomic mass is 16.5. The first-order chi connectivity index (χ1) is 13.7. The summed E-state index contributed by atoms with van der Waals surface area (Å²) < 4.78 is 5.54. The first-order valence-corrected chi connectivity index (χ1v) is 10.1. The van der Waals surface area contributed by atoms with Gasteiger partial charge in [-0.15, -0.1) is 0 Å². The second-order valence-corrected chi connectivity index (χ2v) is 8.36. The number of nitrogens with one attached hydrogen (secondary N) is 1. The molecule has 1 fully saturated rings. The Morgan fingerprint density at radius 1 is 1.24 bits per heavy atom. The van der Waals surface area contributed by atoms with Crippen molar-refractivity contribution in [3.8, 4) is 0 Å². The van der Waals surface area contributed by atoms with Crippen molar-refractivity contribution in [2.75, 3.05) is 27.2 Å². The Balaban J connectivity index is 1.88. The molecule has 0 saturated carbocycles. The Labute approximate surface area is 173 Å². The van der Waals surface area contributed by atoms with Gasteiger partial charge in [0.05, 0.1) is 6.10 Å². The number of ether oxygens (including phenoxy) is 1. The van der Waals surface area contributed by atoms with Gasteiger partial charge in [0.2, 0.25) is 11.8 Å². The molecule has 0 aliphatic carbocycles. The summed E-state index contributed by atoms with van der Waals surface area (Å²) in [5, 5.41) is 2.80. The third-order valence-electron chi connectivity index (χ3n) is 5.64. The molecule has 7 nitrogen and oxygen atoms in total. The van der Waals surface area contributed by atoms with Gasteiger partial charge in [-0.1, -0.05) is 37.3 Å². The molecule has 2 rings (SSSR count). The average Bonchev–Trinajstić information content (AvgIpc) is 3.03. The average molecular weight is 404 g/mol. The van der Waals surface area contributed by atoms with E-state index < -0.39 is 17.4 Å². The largest absolute Gasteiger partial charge is 0.369 e. The fourth-order valence-electron chi connectivity index (χ4n) is 3.46. The molecule has 1 aliphatic heterocycles. The summed E-state index contributed by atoms with van der Waals surface area (Å²) in [6, 6.07) is 9.25. The van der Waals surface area contributed by atoms with E-state index in [9.17, 15) is 14.4 Å². The van der Waals surface area contributed by atoms with Gasteiger partial charge in [0.15, 0.2) is 5.78 Å². The highest BCUT2D eigenvalue weighted by Crippen LogP contribution is 2.29. The lowest BCUT2D eigenvalue weighted by molar-refractivity contribution is -0.130. The molecule has 1 aromatic carbocycles. The van der Waals surface area contributed by atoms with Crippen LogP contribution < -0.4 is 11.1 Å². The molecule has 3 N–H and O–H groups in total. The predicted octanol–water partition coefficient (Wildman–Crippen LogP) is 1.30. The fourth-order valence-corrected chi connectivity index (χ4v) is 3.46. The van der Waals surface area contributed by atoms with Crippen LogP contribution in [-0.4, -0.2) is 61.9 Å². The number of benzene rings is 1. The molecule has 7 heteroatoms. The van der Waals surface area contributed by atoms with Crippen LogP contribution in [0.15, 0.2) is 30.3 Å². The first-order valence-electron chi connectivity index (χ1n) is 10.1. The molecule has 0 radical (unpaired) electrons. The van der Waals surface area contributed by atoms with E-state index in [0.29, 0.717) is 25.7 Å². The van der Waals surface area contributed by atoms with Gasteiger partial charge < -0.3 is 20.7 Å². The van der Waals surface area contributed by atoms with E-state index in [1.807, 2.05) is 49.3 Å². The van der Waals surface area contributed by atoms with Crippen LogP contribution in [0.4, 0.5) is 0 Å². The number of carbonyl (C=O) groups is 3. The number of aryl methyl sites for hydroxylation is 1. The van der Waals surface area contributed by atoms with Gasteiger partial charge in [-0.25, -0.2) is 0 Å². The standard InChI is InChI=1S/C22H33N3O4/c1-22(21(23)28,12-9-16-7-5-4-6-8-16)13-10-19(27)24-20-17(26)15-29-18(20)11-14-25(2)3/h4-8,18,20H,9-15H2,1-3H3,(H2,23,28)(H,24,27)/t18-,20?,22?/m0/s1. The molecular formula is C22H33N3O4. The zero-order valence-electron chi connectivity index (χ0n) is 17.6. The van der Waals surface area contributed by atoms with Crippen LogP contribution in [-0.2, 0) is 25.5 Å². The van der Waals surface area contributed by atoms with Crippen molar-refractivity contribution in [1.29, 1.82) is 0 Å². The van der Waals surface area contributed by atoms with Crippen molar-refractivity contribution in [2.45, 2.75) is 51.2 Å². The van der Waals surface area contributed by atoms with Crippen LogP contribution in [0.2, 0.25) is 0 Å². The lowest BCUT2D eigenvalue weighted by atomic mass is 9.79. The summed E-state index contributed by atoms with van der Waals surface area (Å²) in [4.78, 5) is 38.7. The minimum absolute atomic E-state index is 0.0269. The Kier molecular flexibility index (Phi) is 8.34. The molecule has 0 spiro atoms. The minimum atomic E-state index is -0.784. The molecule has 1 saturated heterocycles. The van der Waals surface area contributed by atoms with Crippen LogP contribution in [0.25, 0.3) is 0 Å². The number of hydrogen-bond acceptors (Lipinski definition) is 5. The molecule has 1 heterocycles. The molecule has 1 aromatic rings. The fraction of sp³-hybridized carbons (Fsp3) is 0.591. The zero-order valence-corrected chi connectivity index (χ0v) is 17.6. The summed E-state index contributed by atoms with van der Waals surface area (Å²) in [6.07, 6.45) is 2.11. The topological polar surface area (TPSA) is 102 Å². The van der Waals surface area contributed by atoms with Gasteiger partial charge in [0, 0.05) is 18.4 Å². The summed E-state index contributed by atoms with van der Waals surface area (Å²) in [5.41, 5.74) is 5.99. The van der Waals surface area contributed by atoms with Gasteiger partial charge in [0.25, 0.3) is 0 Å². The molecule has 160 valence electrons. The van der Waals surface area contributed by atoms with Crippen LogP contribution in [0, 0.1) is 5.41 Å². The number of ketones is 1. The zero-order chi connectivity index (χ0) is 21.4. The number of hydrogen-bond donors (Lipinski definition) is 2. The van der Waals surface area contributed by atoms with E-state index in [1.54, 1.807) is 6.92 Å². The molecule has 3 atom stereocenters. The van der Waals surface area contributed by atoms with Crippen LogP contribution >= 0.6 is 0 Å². The molecule has 29 heavy (non-hydrogen) atoms. The van der Waals surface area contributed by atoms with E-state index in [0.717, 1.165) is 12.1 Å². The van der Waals surface area contributed by atoms with Gasteiger partial charge in [-0.3, -0.25) is 14.4 Å². The maximum absolute atomic E-state index is 12.5. The molecule has 2 unspecified atom stereocenters. The molecule has 2 amide bonds. The Hall–Kier alpha value is -2.25. The summed E-state index contributed by atoms with van der Waals surface area (Å²) in [6.45, 7) is 2.60. The first kappa shape index (κ1) is 23.0. The van der Waals surface area contributed by atoms with Crippen molar-refractivity contribution in [1.82, 2.24) is 10.2 Å². The lowest BCUT2D eigenvalue weighted by Crippen LogP contribution is -2.46.